The van der Waals surface area contributed by atoms with E-state index in [2.05, 4.69) is 36.5 Å². The van der Waals surface area contributed by atoms with Gasteiger partial charge in [0.2, 0.25) is 5.91 Å². The molecule has 0 aromatic heterocycles. The molecule has 0 radical (unpaired) electrons. The molecular formula is C31H55NO8. The highest BCUT2D eigenvalue weighted by Gasteiger charge is 2.44. The molecule has 7 atom stereocenters. The Hall–Kier alpha value is -1.59. The van der Waals surface area contributed by atoms with E-state index >= 15 is 0 Å². The predicted octanol–water partition coefficient (Wildman–Crippen LogP) is 3.43. The number of nitrogens with one attached hydrogen (secondary N) is 1. The predicted molar refractivity (Wildman–Crippen MR) is 156 cm³/mol. The van der Waals surface area contributed by atoms with Gasteiger partial charge in [0, 0.05) is 6.92 Å². The Morgan fingerprint density at radius 3 is 1.95 bits per heavy atom. The molecule has 0 bridgehead atoms. The molecule has 1 aliphatic heterocycles. The van der Waals surface area contributed by atoms with Crippen molar-refractivity contribution in [1.82, 2.24) is 5.32 Å². The summed E-state index contributed by atoms with van der Waals surface area (Å²) >= 11 is 0. The molecule has 7 unspecified atom stereocenters. The zero-order chi connectivity index (χ0) is 29.6. The van der Waals surface area contributed by atoms with Crippen molar-refractivity contribution in [2.75, 3.05) is 13.2 Å². The fourth-order valence-corrected chi connectivity index (χ4v) is 4.51. The van der Waals surface area contributed by atoms with Crippen LogP contribution >= 0.6 is 0 Å². The van der Waals surface area contributed by atoms with Crippen molar-refractivity contribution in [3.8, 4) is 0 Å². The normalized spacial score (nSPS) is 25.2. The largest absolute Gasteiger partial charge is 0.394 e. The van der Waals surface area contributed by atoms with Gasteiger partial charge in [0.05, 0.1) is 25.4 Å². The summed E-state index contributed by atoms with van der Waals surface area (Å²) in [6.45, 7) is 2.77. The highest BCUT2D eigenvalue weighted by Crippen LogP contribution is 2.22. The number of carbonyl (C=O) groups is 1. The van der Waals surface area contributed by atoms with Crippen LogP contribution in [0.3, 0.4) is 0 Å². The lowest BCUT2D eigenvalue weighted by molar-refractivity contribution is -0.302. The van der Waals surface area contributed by atoms with Crippen LogP contribution in [-0.4, -0.2) is 87.5 Å². The molecule has 0 aromatic rings. The Morgan fingerprint density at radius 1 is 0.825 bits per heavy atom. The zero-order valence-corrected chi connectivity index (χ0v) is 24.6. The monoisotopic (exact) mass is 569 g/mol. The first-order valence-corrected chi connectivity index (χ1v) is 15.2. The molecule has 40 heavy (non-hydrogen) atoms. The topological polar surface area (TPSA) is 149 Å². The SMILES string of the molecule is CCCCCCCCCC/C=C/CC/C=C/CC/C=C/C(O)C(COC1OC(CO)C(O)C(O)C1O)NC(C)=O. The fraction of sp³-hybridized carbons (Fsp3) is 0.774. The fourth-order valence-electron chi connectivity index (χ4n) is 4.51. The molecule has 0 aliphatic carbocycles. The van der Waals surface area contributed by atoms with E-state index in [4.69, 9.17) is 9.47 Å². The Kier molecular flexibility index (Phi) is 21.0. The van der Waals surface area contributed by atoms with Crippen molar-refractivity contribution < 1.29 is 39.8 Å². The average Bonchev–Trinajstić information content (AvgIpc) is 2.93. The van der Waals surface area contributed by atoms with Gasteiger partial charge in [0.1, 0.15) is 24.4 Å². The van der Waals surface area contributed by atoms with Gasteiger partial charge in [0.25, 0.3) is 0 Å². The van der Waals surface area contributed by atoms with E-state index in [-0.39, 0.29) is 12.5 Å². The standard InChI is InChI=1S/C31H55NO8/c1-3-4-5-6-7-8-9-10-11-12-13-14-15-16-17-18-19-20-21-26(35)25(32-24(2)34)23-39-31-30(38)29(37)28(36)27(22-33)40-31/h12-13,16-17,20-21,25-31,33,35-38H,3-11,14-15,18-19,22-23H2,1-2H3,(H,32,34)/b13-12+,17-16+,21-20+. The van der Waals surface area contributed by atoms with Gasteiger partial charge in [0.15, 0.2) is 6.29 Å². The third kappa shape index (κ3) is 16.0. The summed E-state index contributed by atoms with van der Waals surface area (Å²) in [7, 11) is 0. The number of unbranched alkanes of at least 4 members (excludes halogenated alkanes) is 10. The second-order valence-corrected chi connectivity index (χ2v) is 10.6. The van der Waals surface area contributed by atoms with E-state index in [1.165, 1.54) is 64.7 Å². The molecule has 9 heteroatoms. The Labute approximate surface area is 241 Å². The second-order valence-electron chi connectivity index (χ2n) is 10.6. The van der Waals surface area contributed by atoms with Gasteiger partial charge in [-0.2, -0.15) is 0 Å². The average molecular weight is 570 g/mol. The molecule has 232 valence electrons. The Balaban J connectivity index is 2.25. The number of rotatable bonds is 22. The van der Waals surface area contributed by atoms with Crippen LogP contribution in [0.1, 0.15) is 97.3 Å². The molecule has 1 heterocycles. The van der Waals surface area contributed by atoms with Gasteiger partial charge in [-0.05, 0) is 38.5 Å². The van der Waals surface area contributed by atoms with Gasteiger partial charge in [-0.15, -0.1) is 0 Å². The molecular weight excluding hydrogens is 514 g/mol. The first-order valence-electron chi connectivity index (χ1n) is 15.2. The van der Waals surface area contributed by atoms with Crippen LogP contribution in [0, 0.1) is 0 Å². The zero-order valence-electron chi connectivity index (χ0n) is 24.6. The molecule has 6 N–H and O–H groups in total. The summed E-state index contributed by atoms with van der Waals surface area (Å²) in [4.78, 5) is 11.6. The smallest absolute Gasteiger partial charge is 0.217 e. The van der Waals surface area contributed by atoms with Crippen LogP contribution in [0.4, 0.5) is 0 Å². The summed E-state index contributed by atoms with van der Waals surface area (Å²) in [5.74, 6) is -0.371. The van der Waals surface area contributed by atoms with Gasteiger partial charge < -0.3 is 40.3 Å². The third-order valence-corrected chi connectivity index (χ3v) is 6.98. The van der Waals surface area contributed by atoms with Crippen LogP contribution in [0.2, 0.25) is 0 Å². The molecule has 0 aromatic carbocycles. The molecule has 1 rings (SSSR count). The van der Waals surface area contributed by atoms with E-state index in [1.54, 1.807) is 6.08 Å². The first kappa shape index (κ1) is 36.4. The number of aliphatic hydroxyl groups excluding tert-OH is 5. The molecule has 1 amide bonds. The molecule has 1 fully saturated rings. The lowest BCUT2D eigenvalue weighted by Crippen LogP contribution is -2.60. The first-order chi connectivity index (χ1) is 19.3. The van der Waals surface area contributed by atoms with E-state index in [9.17, 15) is 30.3 Å². The van der Waals surface area contributed by atoms with Crippen molar-refractivity contribution in [1.29, 1.82) is 0 Å². The molecule has 0 spiro atoms. The minimum atomic E-state index is -1.57. The number of hydrogen-bond donors (Lipinski definition) is 6. The van der Waals surface area contributed by atoms with Crippen molar-refractivity contribution in [3.63, 3.8) is 0 Å². The van der Waals surface area contributed by atoms with E-state index in [1.807, 2.05) is 6.08 Å². The Morgan fingerprint density at radius 2 is 1.38 bits per heavy atom. The van der Waals surface area contributed by atoms with E-state index in [0.717, 1.165) is 25.7 Å². The third-order valence-electron chi connectivity index (χ3n) is 6.98. The molecule has 0 saturated carbocycles. The van der Waals surface area contributed by atoms with Crippen molar-refractivity contribution in [3.05, 3.63) is 36.5 Å². The van der Waals surface area contributed by atoms with Crippen LogP contribution < -0.4 is 5.32 Å². The van der Waals surface area contributed by atoms with Gasteiger partial charge in [-0.3, -0.25) is 4.79 Å². The maximum absolute atomic E-state index is 11.6. The highest BCUT2D eigenvalue weighted by atomic mass is 16.7. The van der Waals surface area contributed by atoms with Crippen molar-refractivity contribution >= 4 is 5.91 Å². The summed E-state index contributed by atoms with van der Waals surface area (Å²) < 4.78 is 10.8. The quantitative estimate of drug-likeness (QED) is 0.0858. The molecule has 9 nitrogen and oxygen atoms in total. The number of allylic oxidation sites excluding steroid dienone is 5. The summed E-state index contributed by atoms with van der Waals surface area (Å²) in [5.41, 5.74) is 0. The number of aliphatic hydroxyl groups is 5. The Bertz CT molecular complexity index is 726. The maximum Gasteiger partial charge on any atom is 0.217 e. The number of carbonyl (C=O) groups excluding carboxylic acids is 1. The summed E-state index contributed by atoms with van der Waals surface area (Å²) in [5, 5.41) is 52.3. The van der Waals surface area contributed by atoms with Crippen LogP contribution in [0.25, 0.3) is 0 Å². The molecule has 1 saturated heterocycles. The van der Waals surface area contributed by atoms with Crippen LogP contribution in [0.15, 0.2) is 36.5 Å². The minimum Gasteiger partial charge on any atom is -0.394 e. The second kappa shape index (κ2) is 23.0. The van der Waals surface area contributed by atoms with Gasteiger partial charge in [-0.25, -0.2) is 0 Å². The van der Waals surface area contributed by atoms with Gasteiger partial charge in [-0.1, -0.05) is 88.3 Å². The maximum atomic E-state index is 11.6. The van der Waals surface area contributed by atoms with Gasteiger partial charge >= 0.3 is 0 Å². The number of hydrogen-bond acceptors (Lipinski definition) is 8. The van der Waals surface area contributed by atoms with Crippen molar-refractivity contribution in [2.24, 2.45) is 0 Å². The minimum absolute atomic E-state index is 0.222. The van der Waals surface area contributed by atoms with Crippen LogP contribution in [0.5, 0.6) is 0 Å². The van der Waals surface area contributed by atoms with Crippen LogP contribution in [-0.2, 0) is 14.3 Å². The summed E-state index contributed by atoms with van der Waals surface area (Å²) in [6, 6.07) is -0.825. The van der Waals surface area contributed by atoms with E-state index < -0.39 is 49.5 Å². The highest BCUT2D eigenvalue weighted by molar-refractivity contribution is 5.73. The molecule has 1 aliphatic rings. The van der Waals surface area contributed by atoms with E-state index in [0.29, 0.717) is 0 Å². The number of ether oxygens (including phenoxy) is 2. The lowest BCUT2D eigenvalue weighted by Gasteiger charge is -2.40. The number of amides is 1. The lowest BCUT2D eigenvalue weighted by atomic mass is 9.99. The van der Waals surface area contributed by atoms with Crippen molar-refractivity contribution in [2.45, 2.75) is 140 Å². The summed E-state index contributed by atoms with van der Waals surface area (Å²) in [6.07, 6.45) is 19.7.